The Hall–Kier alpha value is -3.56. The highest BCUT2D eigenvalue weighted by Gasteiger charge is 2.38. The molecule has 0 aliphatic carbocycles. The second-order valence-corrected chi connectivity index (χ2v) is 6.47. The number of rotatable bonds is 4. The lowest BCUT2D eigenvalue weighted by Gasteiger charge is -2.31. The van der Waals surface area contributed by atoms with Crippen molar-refractivity contribution in [3.05, 3.63) is 89.5 Å². The summed E-state index contributed by atoms with van der Waals surface area (Å²) >= 11 is 0. The van der Waals surface area contributed by atoms with Gasteiger partial charge in [-0.2, -0.15) is 13.2 Å². The molecular formula is C20H15F5N4O. The number of nitrogens with zero attached hydrogens (tertiary/aromatic N) is 2. The first-order chi connectivity index (χ1) is 14.1. The molecule has 0 unspecified atom stereocenters. The number of carbonyl (C=O) groups is 1. The lowest BCUT2D eigenvalue weighted by molar-refractivity contribution is -0.140. The molecule has 2 amide bonds. The molecule has 2 aromatic heterocycles. The van der Waals surface area contributed by atoms with Crippen LogP contribution < -0.4 is 10.6 Å². The molecule has 3 rings (SSSR count). The summed E-state index contributed by atoms with van der Waals surface area (Å²) in [6.07, 6.45) is -0.810. The largest absolute Gasteiger partial charge is 0.419 e. The number of alkyl halides is 3. The zero-order valence-electron chi connectivity index (χ0n) is 15.5. The fourth-order valence-corrected chi connectivity index (χ4v) is 2.90. The van der Waals surface area contributed by atoms with Gasteiger partial charge in [0.2, 0.25) is 0 Å². The number of hydrogen-bond donors (Lipinski definition) is 2. The van der Waals surface area contributed by atoms with Crippen LogP contribution in [-0.2, 0) is 11.7 Å². The normalized spacial score (nSPS) is 13.4. The monoisotopic (exact) mass is 422 g/mol. The number of hydrogen-bond acceptors (Lipinski definition) is 3. The van der Waals surface area contributed by atoms with E-state index in [0.29, 0.717) is 17.8 Å². The molecule has 3 aromatic rings. The van der Waals surface area contributed by atoms with E-state index in [1.807, 2.05) is 0 Å². The van der Waals surface area contributed by atoms with E-state index in [1.54, 1.807) is 12.1 Å². The molecule has 30 heavy (non-hydrogen) atoms. The predicted molar refractivity (Wildman–Crippen MR) is 98.4 cm³/mol. The molecule has 156 valence electrons. The van der Waals surface area contributed by atoms with Gasteiger partial charge in [-0.25, -0.2) is 13.6 Å². The summed E-state index contributed by atoms with van der Waals surface area (Å²) in [6.45, 7) is 1.31. The maximum absolute atomic E-state index is 14.5. The van der Waals surface area contributed by atoms with E-state index in [0.717, 1.165) is 12.1 Å². The van der Waals surface area contributed by atoms with E-state index in [-0.39, 0.29) is 11.3 Å². The van der Waals surface area contributed by atoms with Crippen molar-refractivity contribution in [3.8, 4) is 0 Å². The maximum atomic E-state index is 14.5. The van der Waals surface area contributed by atoms with E-state index >= 15 is 0 Å². The van der Waals surface area contributed by atoms with Gasteiger partial charge in [0.25, 0.3) is 0 Å². The molecule has 0 aliphatic rings. The van der Waals surface area contributed by atoms with Crippen LogP contribution in [0.2, 0.25) is 0 Å². The average Bonchev–Trinajstić information content (AvgIpc) is 2.67. The van der Waals surface area contributed by atoms with E-state index in [1.165, 1.54) is 31.6 Å². The van der Waals surface area contributed by atoms with E-state index in [4.69, 9.17) is 0 Å². The minimum Gasteiger partial charge on any atom is -0.323 e. The van der Waals surface area contributed by atoms with Crippen LogP contribution in [-0.4, -0.2) is 16.0 Å². The Bertz CT molecular complexity index is 1060. The number of amides is 2. The molecule has 0 saturated carbocycles. The number of pyridine rings is 2. The van der Waals surface area contributed by atoms with Gasteiger partial charge >= 0.3 is 12.2 Å². The van der Waals surface area contributed by atoms with Crippen molar-refractivity contribution < 1.29 is 26.7 Å². The van der Waals surface area contributed by atoms with Crippen LogP contribution in [0.3, 0.4) is 0 Å². The summed E-state index contributed by atoms with van der Waals surface area (Å²) in [5.41, 5.74) is -3.38. The van der Waals surface area contributed by atoms with Crippen LogP contribution in [0, 0.1) is 11.6 Å². The number of benzene rings is 1. The summed E-state index contributed by atoms with van der Waals surface area (Å²) in [5, 5.41) is 4.94. The second kappa shape index (κ2) is 8.05. The van der Waals surface area contributed by atoms with Crippen molar-refractivity contribution in [2.75, 3.05) is 5.32 Å². The first-order valence-electron chi connectivity index (χ1n) is 8.58. The highest BCUT2D eigenvalue weighted by atomic mass is 19.4. The Kier molecular flexibility index (Phi) is 5.68. The molecule has 1 aromatic carbocycles. The number of anilines is 1. The number of halogens is 5. The number of urea groups is 1. The topological polar surface area (TPSA) is 66.9 Å². The van der Waals surface area contributed by atoms with E-state index in [2.05, 4.69) is 20.6 Å². The Morgan fingerprint density at radius 2 is 1.73 bits per heavy atom. The zero-order valence-corrected chi connectivity index (χ0v) is 15.5. The first-order valence-corrected chi connectivity index (χ1v) is 8.58. The fourth-order valence-electron chi connectivity index (χ4n) is 2.90. The van der Waals surface area contributed by atoms with Gasteiger partial charge in [-0.05, 0) is 48.9 Å². The molecule has 0 fully saturated rings. The molecule has 0 radical (unpaired) electrons. The van der Waals surface area contributed by atoms with Gasteiger partial charge in [-0.1, -0.05) is 6.07 Å². The van der Waals surface area contributed by atoms with Crippen molar-refractivity contribution in [3.63, 3.8) is 0 Å². The van der Waals surface area contributed by atoms with Gasteiger partial charge in [0.1, 0.15) is 22.9 Å². The van der Waals surface area contributed by atoms with Crippen LogP contribution in [0.1, 0.15) is 23.7 Å². The SMILES string of the molecule is C[C@](NC(=O)Nc1cccnc1)(c1ccc(C(F)(F)F)c(F)c1)c1ncccc1F. The highest BCUT2D eigenvalue weighted by Crippen LogP contribution is 2.35. The predicted octanol–water partition coefficient (Wildman–Crippen LogP) is 4.86. The van der Waals surface area contributed by atoms with Crippen LogP contribution in [0.5, 0.6) is 0 Å². The first kappa shape index (κ1) is 21.2. The third-order valence-corrected chi connectivity index (χ3v) is 4.37. The van der Waals surface area contributed by atoms with E-state index in [9.17, 15) is 26.7 Å². The molecule has 0 bridgehead atoms. The van der Waals surface area contributed by atoms with Crippen LogP contribution in [0.15, 0.2) is 61.1 Å². The Morgan fingerprint density at radius 3 is 2.33 bits per heavy atom. The molecule has 0 saturated heterocycles. The van der Waals surface area contributed by atoms with Crippen molar-refractivity contribution in [2.45, 2.75) is 18.6 Å². The van der Waals surface area contributed by atoms with Crippen molar-refractivity contribution in [1.82, 2.24) is 15.3 Å². The molecule has 2 heterocycles. The smallest absolute Gasteiger partial charge is 0.323 e. The van der Waals surface area contributed by atoms with E-state index < -0.39 is 34.9 Å². The number of aromatic nitrogens is 2. The van der Waals surface area contributed by atoms with Crippen LogP contribution in [0.4, 0.5) is 32.4 Å². The second-order valence-electron chi connectivity index (χ2n) is 6.47. The van der Waals surface area contributed by atoms with Crippen molar-refractivity contribution in [2.24, 2.45) is 0 Å². The Labute approximate surface area is 168 Å². The summed E-state index contributed by atoms with van der Waals surface area (Å²) in [7, 11) is 0. The minimum atomic E-state index is -4.90. The lowest BCUT2D eigenvalue weighted by atomic mass is 9.87. The van der Waals surface area contributed by atoms with Gasteiger partial charge in [-0.3, -0.25) is 9.97 Å². The molecule has 1 atom stereocenters. The minimum absolute atomic E-state index is 0.132. The van der Waals surface area contributed by atoms with Crippen molar-refractivity contribution in [1.29, 1.82) is 0 Å². The standard InChI is InChI=1S/C20H15F5N4O/c1-19(17-15(21)5-3-9-27-17,29-18(30)28-13-4-2-8-26-11-13)12-6-7-14(16(22)10-12)20(23,24)25/h2-11H,1H3,(H2,28,29,30)/t19-/m0/s1. The quantitative estimate of drug-likeness (QED) is 0.591. The Balaban J connectivity index is 2.04. The van der Waals surface area contributed by atoms with Gasteiger partial charge in [0.05, 0.1) is 17.4 Å². The summed E-state index contributed by atoms with van der Waals surface area (Å²) in [5.74, 6) is -2.39. The van der Waals surface area contributed by atoms with Crippen LogP contribution >= 0.6 is 0 Å². The van der Waals surface area contributed by atoms with Crippen molar-refractivity contribution >= 4 is 11.7 Å². The molecule has 0 aliphatic heterocycles. The molecule has 2 N–H and O–H groups in total. The van der Waals surface area contributed by atoms with Gasteiger partial charge in [0, 0.05) is 12.4 Å². The number of nitrogens with one attached hydrogen (secondary N) is 2. The fraction of sp³-hybridized carbons (Fsp3) is 0.150. The summed E-state index contributed by atoms with van der Waals surface area (Å²) in [6, 6.07) is 6.76. The number of carbonyl (C=O) groups excluding carboxylic acids is 1. The van der Waals surface area contributed by atoms with Gasteiger partial charge in [0.15, 0.2) is 0 Å². The highest BCUT2D eigenvalue weighted by molar-refractivity contribution is 5.90. The van der Waals surface area contributed by atoms with Gasteiger partial charge in [-0.15, -0.1) is 0 Å². The molecule has 5 nitrogen and oxygen atoms in total. The van der Waals surface area contributed by atoms with Gasteiger partial charge < -0.3 is 10.6 Å². The molecule has 0 spiro atoms. The maximum Gasteiger partial charge on any atom is 0.419 e. The van der Waals surface area contributed by atoms with Crippen LogP contribution in [0.25, 0.3) is 0 Å². The summed E-state index contributed by atoms with van der Waals surface area (Å²) in [4.78, 5) is 20.3. The third kappa shape index (κ3) is 4.37. The zero-order chi connectivity index (χ0) is 21.9. The molecular weight excluding hydrogens is 407 g/mol. The molecule has 10 heteroatoms. The Morgan fingerprint density at radius 1 is 1.00 bits per heavy atom. The third-order valence-electron chi connectivity index (χ3n) is 4.37. The summed E-state index contributed by atoms with van der Waals surface area (Å²) < 4.78 is 67.5. The lowest BCUT2D eigenvalue weighted by Crippen LogP contribution is -2.47. The average molecular weight is 422 g/mol.